The van der Waals surface area contributed by atoms with Gasteiger partial charge < -0.3 is 9.88 Å². The Morgan fingerprint density at radius 3 is 2.44 bits per heavy atom. The average Bonchev–Trinajstić information content (AvgIpc) is 3.28. The van der Waals surface area contributed by atoms with Crippen LogP contribution in [0.3, 0.4) is 0 Å². The average molecular weight is 458 g/mol. The van der Waals surface area contributed by atoms with E-state index in [1.165, 1.54) is 23.9 Å². The highest BCUT2D eigenvalue weighted by Crippen LogP contribution is 2.28. The number of nitrogens with one attached hydrogen (secondary N) is 1. The zero-order valence-corrected chi connectivity index (χ0v) is 20.0. The van der Waals surface area contributed by atoms with Crippen molar-refractivity contribution in [3.8, 4) is 11.3 Å². The fraction of sp³-hybridized carbons (Fsp3) is 0.391. The van der Waals surface area contributed by atoms with Gasteiger partial charge in [-0.15, -0.1) is 0 Å². The molecule has 1 aromatic carbocycles. The molecule has 2 heterocycles. The molecule has 0 aliphatic heterocycles. The van der Waals surface area contributed by atoms with E-state index in [-0.39, 0.29) is 23.3 Å². The van der Waals surface area contributed by atoms with Gasteiger partial charge in [-0.2, -0.15) is 5.10 Å². The lowest BCUT2D eigenvalue weighted by atomic mass is 9.92. The number of imidazole rings is 1. The minimum absolute atomic E-state index is 0.0827. The lowest BCUT2D eigenvalue weighted by Crippen LogP contribution is -2.27. The molecule has 0 fully saturated rings. The predicted octanol–water partition coefficient (Wildman–Crippen LogP) is 4.24. The summed E-state index contributed by atoms with van der Waals surface area (Å²) in [6.45, 7) is 7.88. The Bertz CT molecular complexity index is 1130. The van der Waals surface area contributed by atoms with E-state index in [4.69, 9.17) is 0 Å². The zero-order valence-electron chi connectivity index (χ0n) is 19.2. The SMILES string of the molecule is Cc1nn(C)cc1CN(C)C(=O)c1[nH]c(SCC(=O)C(C)(C)C)nc1-c1ccc(F)cc1. The third kappa shape index (κ3) is 5.45. The number of aryl methyl sites for hydroxylation is 2. The number of Topliss-reactive ketones (excluding diaryl/α,β-unsaturated/α-hetero) is 1. The monoisotopic (exact) mass is 457 g/mol. The summed E-state index contributed by atoms with van der Waals surface area (Å²) in [6.07, 6.45) is 1.88. The van der Waals surface area contributed by atoms with Crippen LogP contribution >= 0.6 is 11.8 Å². The maximum absolute atomic E-state index is 13.4. The van der Waals surface area contributed by atoms with Gasteiger partial charge in [0.05, 0.1) is 11.4 Å². The number of halogens is 1. The fourth-order valence-corrected chi connectivity index (χ4v) is 4.09. The first-order chi connectivity index (χ1) is 15.0. The summed E-state index contributed by atoms with van der Waals surface area (Å²) >= 11 is 1.25. The van der Waals surface area contributed by atoms with E-state index in [1.54, 1.807) is 28.8 Å². The van der Waals surface area contributed by atoms with Gasteiger partial charge in [0.1, 0.15) is 23.0 Å². The van der Waals surface area contributed by atoms with Crippen LogP contribution in [0, 0.1) is 18.2 Å². The maximum atomic E-state index is 13.4. The van der Waals surface area contributed by atoms with Crippen LogP contribution in [0.5, 0.6) is 0 Å². The van der Waals surface area contributed by atoms with Crippen LogP contribution in [0.4, 0.5) is 4.39 Å². The molecule has 32 heavy (non-hydrogen) atoms. The maximum Gasteiger partial charge on any atom is 0.272 e. The minimum Gasteiger partial charge on any atom is -0.336 e. The largest absolute Gasteiger partial charge is 0.336 e. The van der Waals surface area contributed by atoms with Gasteiger partial charge in [0, 0.05) is 43.4 Å². The number of hydrogen-bond acceptors (Lipinski definition) is 5. The van der Waals surface area contributed by atoms with Crippen molar-refractivity contribution in [2.75, 3.05) is 12.8 Å². The highest BCUT2D eigenvalue weighted by atomic mass is 32.2. The van der Waals surface area contributed by atoms with Crippen molar-refractivity contribution in [3.63, 3.8) is 0 Å². The first-order valence-electron chi connectivity index (χ1n) is 10.2. The second-order valence-corrected chi connectivity index (χ2v) is 9.77. The second-order valence-electron chi connectivity index (χ2n) is 8.81. The number of rotatable bonds is 7. The standard InChI is InChI=1S/C23H28FN5O2S/c1-14-16(12-29(6)27-14)11-28(5)21(31)20-19(15-7-9-17(24)10-8-15)25-22(26-20)32-13-18(30)23(2,3)4/h7-10,12H,11,13H2,1-6H3,(H,25,26). The summed E-state index contributed by atoms with van der Waals surface area (Å²) in [4.78, 5) is 34.9. The number of carbonyl (C=O) groups excluding carboxylic acids is 2. The second kappa shape index (κ2) is 9.28. The molecule has 0 saturated heterocycles. The quantitative estimate of drug-likeness (QED) is 0.537. The molecule has 0 aliphatic rings. The van der Waals surface area contributed by atoms with Crippen LogP contribution in [-0.2, 0) is 18.4 Å². The summed E-state index contributed by atoms with van der Waals surface area (Å²) in [5, 5.41) is 4.79. The molecule has 1 amide bonds. The molecule has 0 aliphatic carbocycles. The molecule has 2 aromatic heterocycles. The number of aromatic amines is 1. The number of aromatic nitrogens is 4. The Kier molecular flexibility index (Phi) is 6.88. The molecule has 0 unspecified atom stereocenters. The van der Waals surface area contributed by atoms with Crippen LogP contribution in [0.1, 0.15) is 42.5 Å². The summed E-state index contributed by atoms with van der Waals surface area (Å²) < 4.78 is 15.2. The van der Waals surface area contributed by atoms with Gasteiger partial charge in [-0.1, -0.05) is 32.5 Å². The van der Waals surface area contributed by atoms with E-state index >= 15 is 0 Å². The Morgan fingerprint density at radius 1 is 1.22 bits per heavy atom. The summed E-state index contributed by atoms with van der Waals surface area (Å²) in [7, 11) is 3.54. The third-order valence-electron chi connectivity index (χ3n) is 5.06. The fourth-order valence-electron chi connectivity index (χ4n) is 3.06. The molecule has 9 heteroatoms. The molecular weight excluding hydrogens is 429 g/mol. The van der Waals surface area contributed by atoms with Gasteiger partial charge in [0.2, 0.25) is 0 Å². The molecule has 0 saturated carbocycles. The van der Waals surface area contributed by atoms with Gasteiger partial charge in [-0.05, 0) is 31.2 Å². The van der Waals surface area contributed by atoms with Gasteiger partial charge >= 0.3 is 0 Å². The van der Waals surface area contributed by atoms with E-state index in [0.717, 1.165) is 11.3 Å². The number of carbonyl (C=O) groups is 2. The van der Waals surface area contributed by atoms with Crippen LogP contribution in [0.2, 0.25) is 0 Å². The summed E-state index contributed by atoms with van der Waals surface area (Å²) in [6, 6.07) is 5.83. The number of hydrogen-bond donors (Lipinski definition) is 1. The van der Waals surface area contributed by atoms with E-state index < -0.39 is 5.41 Å². The van der Waals surface area contributed by atoms with Crippen LogP contribution in [-0.4, -0.2) is 49.1 Å². The Hall–Kier alpha value is -2.94. The molecule has 0 spiro atoms. The van der Waals surface area contributed by atoms with Crippen LogP contribution < -0.4 is 0 Å². The molecule has 170 valence electrons. The number of ketones is 1. The van der Waals surface area contributed by atoms with Crippen molar-refractivity contribution in [1.82, 2.24) is 24.6 Å². The predicted molar refractivity (Wildman–Crippen MR) is 123 cm³/mol. The van der Waals surface area contributed by atoms with Gasteiger partial charge in [-0.25, -0.2) is 9.37 Å². The molecule has 0 radical (unpaired) electrons. The Balaban J connectivity index is 1.90. The molecule has 3 aromatic rings. The number of nitrogens with zero attached hydrogens (tertiary/aromatic N) is 4. The summed E-state index contributed by atoms with van der Waals surface area (Å²) in [5.41, 5.74) is 2.68. The van der Waals surface area contributed by atoms with Crippen molar-refractivity contribution in [2.45, 2.75) is 39.4 Å². The molecular formula is C23H28FN5O2S. The molecule has 1 N–H and O–H groups in total. The van der Waals surface area contributed by atoms with E-state index in [0.29, 0.717) is 28.7 Å². The third-order valence-corrected chi connectivity index (χ3v) is 5.93. The first kappa shape index (κ1) is 23.7. The normalized spacial score (nSPS) is 11.6. The van der Waals surface area contributed by atoms with Crippen molar-refractivity contribution in [2.24, 2.45) is 12.5 Å². The van der Waals surface area contributed by atoms with Crippen LogP contribution in [0.15, 0.2) is 35.6 Å². The Labute approximate surface area is 191 Å². The highest BCUT2D eigenvalue weighted by molar-refractivity contribution is 7.99. The van der Waals surface area contributed by atoms with Gasteiger partial charge in [0.25, 0.3) is 5.91 Å². The Morgan fingerprint density at radius 2 is 1.88 bits per heavy atom. The van der Waals surface area contributed by atoms with Crippen molar-refractivity contribution in [3.05, 3.63) is 53.2 Å². The van der Waals surface area contributed by atoms with E-state index in [9.17, 15) is 14.0 Å². The molecule has 0 atom stereocenters. The van der Waals surface area contributed by atoms with Crippen molar-refractivity contribution >= 4 is 23.5 Å². The van der Waals surface area contributed by atoms with Crippen LogP contribution in [0.25, 0.3) is 11.3 Å². The molecule has 3 rings (SSSR count). The topological polar surface area (TPSA) is 83.9 Å². The zero-order chi connectivity index (χ0) is 23.6. The number of H-pyrrole nitrogens is 1. The smallest absolute Gasteiger partial charge is 0.272 e. The lowest BCUT2D eigenvalue weighted by molar-refractivity contribution is -0.123. The number of thioether (sulfide) groups is 1. The van der Waals surface area contributed by atoms with E-state index in [2.05, 4.69) is 15.1 Å². The summed E-state index contributed by atoms with van der Waals surface area (Å²) in [5.74, 6) is -0.307. The minimum atomic E-state index is -0.459. The van der Waals surface area contributed by atoms with Gasteiger partial charge in [0.15, 0.2) is 5.16 Å². The molecule has 0 bridgehead atoms. The van der Waals surface area contributed by atoms with Gasteiger partial charge in [-0.3, -0.25) is 14.3 Å². The van der Waals surface area contributed by atoms with E-state index in [1.807, 2.05) is 40.9 Å². The lowest BCUT2D eigenvalue weighted by Gasteiger charge is -2.16. The number of benzene rings is 1. The number of amides is 1. The van der Waals surface area contributed by atoms with Crippen molar-refractivity contribution < 1.29 is 14.0 Å². The first-order valence-corrected chi connectivity index (χ1v) is 11.2. The highest BCUT2D eigenvalue weighted by Gasteiger charge is 2.25. The molecule has 7 nitrogen and oxygen atoms in total. The van der Waals surface area contributed by atoms with Crippen molar-refractivity contribution in [1.29, 1.82) is 0 Å².